The van der Waals surface area contributed by atoms with E-state index in [0.717, 1.165) is 16.8 Å². The predicted molar refractivity (Wildman–Crippen MR) is 95.7 cm³/mol. The van der Waals surface area contributed by atoms with Crippen molar-refractivity contribution in [3.05, 3.63) is 82.8 Å². The summed E-state index contributed by atoms with van der Waals surface area (Å²) in [5.41, 5.74) is 3.57. The van der Waals surface area contributed by atoms with Crippen LogP contribution in [0.4, 0.5) is 0 Å². The second-order valence-corrected chi connectivity index (χ2v) is 5.55. The number of nitrogens with one attached hydrogen (secondary N) is 1. The second-order valence-electron chi connectivity index (χ2n) is 5.55. The first kappa shape index (κ1) is 14.8. The Bertz CT molecular complexity index is 1150. The van der Waals surface area contributed by atoms with Crippen molar-refractivity contribution in [2.75, 3.05) is 0 Å². The molecule has 4 rings (SSSR count). The third-order valence-electron chi connectivity index (χ3n) is 3.96. The lowest BCUT2D eigenvalue weighted by Crippen LogP contribution is -2.09. The fraction of sp³-hybridized carbons (Fsp3) is 0. The van der Waals surface area contributed by atoms with Gasteiger partial charge < -0.3 is 4.98 Å². The average Bonchev–Trinajstić information content (AvgIpc) is 2.68. The lowest BCUT2D eigenvalue weighted by Gasteiger charge is -2.05. The molecule has 0 saturated heterocycles. The lowest BCUT2D eigenvalue weighted by molar-refractivity contribution is 1.18. The molecule has 118 valence electrons. The molecule has 0 spiro atoms. The van der Waals surface area contributed by atoms with Crippen LogP contribution in [0.3, 0.4) is 0 Å². The number of aromatic nitrogens is 3. The fourth-order valence-corrected chi connectivity index (χ4v) is 2.65. The van der Waals surface area contributed by atoms with E-state index in [4.69, 9.17) is 5.26 Å². The molecule has 0 radical (unpaired) electrons. The van der Waals surface area contributed by atoms with E-state index in [0.29, 0.717) is 22.3 Å². The molecular weight excluding hydrogens is 312 g/mol. The van der Waals surface area contributed by atoms with Crippen LogP contribution in [0.5, 0.6) is 0 Å². The Morgan fingerprint density at radius 1 is 0.920 bits per heavy atom. The highest BCUT2D eigenvalue weighted by molar-refractivity contribution is 5.79. The number of fused-ring (bicyclic) bond motifs is 1. The monoisotopic (exact) mass is 324 g/mol. The largest absolute Gasteiger partial charge is 0.306 e. The molecule has 0 aliphatic heterocycles. The van der Waals surface area contributed by atoms with E-state index in [9.17, 15) is 4.79 Å². The Labute approximate surface area is 143 Å². The molecule has 0 amide bonds. The number of aromatic amines is 1. The van der Waals surface area contributed by atoms with Gasteiger partial charge in [-0.3, -0.25) is 9.78 Å². The standard InChI is InChI=1S/C20H12N4O/c21-11-13-5-10-17(22-12-13)14-6-8-15(9-7-14)19-23-18-4-2-1-3-16(18)20(25)24-19/h1-10,12H,(H,23,24,25). The molecule has 0 fully saturated rings. The minimum atomic E-state index is -0.154. The summed E-state index contributed by atoms with van der Waals surface area (Å²) in [6.45, 7) is 0. The first-order chi connectivity index (χ1) is 12.2. The zero-order valence-corrected chi connectivity index (χ0v) is 13.1. The van der Waals surface area contributed by atoms with Gasteiger partial charge in [-0.2, -0.15) is 5.26 Å². The first-order valence-electron chi connectivity index (χ1n) is 7.70. The molecule has 0 saturated carbocycles. The SMILES string of the molecule is N#Cc1ccc(-c2ccc(-c3nc4ccccc4c(=O)[nH]3)cc2)nc1. The highest BCUT2D eigenvalue weighted by Gasteiger charge is 2.06. The van der Waals surface area contributed by atoms with Gasteiger partial charge in [0.05, 0.1) is 22.2 Å². The minimum Gasteiger partial charge on any atom is -0.306 e. The average molecular weight is 324 g/mol. The van der Waals surface area contributed by atoms with Crippen molar-refractivity contribution in [1.29, 1.82) is 5.26 Å². The molecule has 5 heteroatoms. The van der Waals surface area contributed by atoms with Gasteiger partial charge in [0.1, 0.15) is 11.9 Å². The molecule has 25 heavy (non-hydrogen) atoms. The van der Waals surface area contributed by atoms with Gasteiger partial charge in [0.2, 0.25) is 0 Å². The summed E-state index contributed by atoms with van der Waals surface area (Å²) in [5, 5.41) is 9.41. The number of H-pyrrole nitrogens is 1. The molecule has 2 aromatic carbocycles. The molecule has 2 aromatic heterocycles. The van der Waals surface area contributed by atoms with Crippen LogP contribution in [0.15, 0.2) is 71.7 Å². The topological polar surface area (TPSA) is 82.4 Å². The molecule has 4 aromatic rings. The second kappa shape index (κ2) is 6.02. The van der Waals surface area contributed by atoms with Gasteiger partial charge in [0, 0.05) is 17.3 Å². The summed E-state index contributed by atoms with van der Waals surface area (Å²) in [5.74, 6) is 0.531. The van der Waals surface area contributed by atoms with Crippen LogP contribution >= 0.6 is 0 Å². The van der Waals surface area contributed by atoms with Gasteiger partial charge in [-0.1, -0.05) is 36.4 Å². The van der Waals surface area contributed by atoms with Gasteiger partial charge in [0.15, 0.2) is 0 Å². The Morgan fingerprint density at radius 2 is 1.68 bits per heavy atom. The zero-order valence-electron chi connectivity index (χ0n) is 13.1. The smallest absolute Gasteiger partial charge is 0.259 e. The summed E-state index contributed by atoms with van der Waals surface area (Å²) in [4.78, 5) is 23.8. The van der Waals surface area contributed by atoms with Crippen LogP contribution in [0, 0.1) is 11.3 Å². The number of hydrogen-bond donors (Lipinski definition) is 1. The van der Waals surface area contributed by atoms with Crippen LogP contribution in [-0.2, 0) is 0 Å². The maximum absolute atomic E-state index is 12.2. The summed E-state index contributed by atoms with van der Waals surface area (Å²) < 4.78 is 0. The van der Waals surface area contributed by atoms with Crippen molar-refractivity contribution in [2.24, 2.45) is 0 Å². The first-order valence-corrected chi connectivity index (χ1v) is 7.70. The molecule has 0 aliphatic rings. The molecule has 0 aliphatic carbocycles. The molecule has 5 nitrogen and oxygen atoms in total. The lowest BCUT2D eigenvalue weighted by atomic mass is 10.1. The normalized spacial score (nSPS) is 10.5. The highest BCUT2D eigenvalue weighted by atomic mass is 16.1. The molecule has 1 N–H and O–H groups in total. The molecule has 2 heterocycles. The van der Waals surface area contributed by atoms with Gasteiger partial charge in [-0.05, 0) is 24.3 Å². The zero-order chi connectivity index (χ0) is 17.2. The van der Waals surface area contributed by atoms with Crippen molar-refractivity contribution in [1.82, 2.24) is 15.0 Å². The Hall–Kier alpha value is -3.78. The summed E-state index contributed by atoms with van der Waals surface area (Å²) in [7, 11) is 0. The Kier molecular flexibility index (Phi) is 3.56. The Balaban J connectivity index is 1.72. The van der Waals surface area contributed by atoms with Gasteiger partial charge in [-0.25, -0.2) is 4.98 Å². The van der Waals surface area contributed by atoms with Crippen molar-refractivity contribution >= 4 is 10.9 Å². The number of hydrogen-bond acceptors (Lipinski definition) is 4. The summed E-state index contributed by atoms with van der Waals surface area (Å²) in [6, 6.07) is 20.5. The third kappa shape index (κ3) is 2.77. The Morgan fingerprint density at radius 3 is 2.40 bits per heavy atom. The van der Waals surface area contributed by atoms with E-state index in [1.165, 1.54) is 0 Å². The van der Waals surface area contributed by atoms with Crippen molar-refractivity contribution < 1.29 is 0 Å². The van der Waals surface area contributed by atoms with Crippen LogP contribution in [-0.4, -0.2) is 15.0 Å². The number of pyridine rings is 1. The molecule has 0 atom stereocenters. The van der Waals surface area contributed by atoms with Gasteiger partial charge >= 0.3 is 0 Å². The maximum atomic E-state index is 12.2. The summed E-state index contributed by atoms with van der Waals surface area (Å²) in [6.07, 6.45) is 1.55. The van der Waals surface area contributed by atoms with E-state index >= 15 is 0 Å². The van der Waals surface area contributed by atoms with Crippen molar-refractivity contribution in [2.45, 2.75) is 0 Å². The number of para-hydroxylation sites is 1. The maximum Gasteiger partial charge on any atom is 0.259 e. The number of rotatable bonds is 2. The van der Waals surface area contributed by atoms with E-state index in [-0.39, 0.29) is 5.56 Å². The predicted octanol–water partition coefficient (Wildman–Crippen LogP) is 3.52. The third-order valence-corrected chi connectivity index (χ3v) is 3.96. The number of nitriles is 1. The minimum absolute atomic E-state index is 0.154. The van der Waals surface area contributed by atoms with E-state index in [1.54, 1.807) is 18.3 Å². The molecule has 0 bridgehead atoms. The van der Waals surface area contributed by atoms with Crippen molar-refractivity contribution in [3.63, 3.8) is 0 Å². The molecule has 0 unspecified atom stereocenters. The van der Waals surface area contributed by atoms with Crippen LogP contribution < -0.4 is 5.56 Å². The van der Waals surface area contributed by atoms with Gasteiger partial charge in [-0.15, -0.1) is 0 Å². The van der Waals surface area contributed by atoms with Crippen molar-refractivity contribution in [3.8, 4) is 28.7 Å². The van der Waals surface area contributed by atoms with E-state index < -0.39 is 0 Å². The van der Waals surface area contributed by atoms with E-state index in [1.807, 2.05) is 48.5 Å². The number of benzene rings is 2. The van der Waals surface area contributed by atoms with Gasteiger partial charge in [0.25, 0.3) is 5.56 Å². The van der Waals surface area contributed by atoms with Crippen LogP contribution in [0.25, 0.3) is 33.5 Å². The van der Waals surface area contributed by atoms with Crippen LogP contribution in [0.1, 0.15) is 5.56 Å². The quantitative estimate of drug-likeness (QED) is 0.611. The molecular formula is C20H12N4O. The fourth-order valence-electron chi connectivity index (χ4n) is 2.65. The summed E-state index contributed by atoms with van der Waals surface area (Å²) >= 11 is 0. The van der Waals surface area contributed by atoms with E-state index in [2.05, 4.69) is 21.0 Å². The highest BCUT2D eigenvalue weighted by Crippen LogP contribution is 2.22. The number of nitrogens with zero attached hydrogens (tertiary/aromatic N) is 3. The van der Waals surface area contributed by atoms with Crippen LogP contribution in [0.2, 0.25) is 0 Å².